The van der Waals surface area contributed by atoms with E-state index >= 15 is 0 Å². The zero-order valence-electron chi connectivity index (χ0n) is 8.19. The fourth-order valence-electron chi connectivity index (χ4n) is 0.933. The third kappa shape index (κ3) is 6.50. The molecule has 0 radical (unpaired) electrons. The molecular formula is C9H11KN2O2. The summed E-state index contributed by atoms with van der Waals surface area (Å²) in [4.78, 5) is 14.0. The van der Waals surface area contributed by atoms with Crippen molar-refractivity contribution in [2.45, 2.75) is 12.8 Å². The first-order valence-corrected chi connectivity index (χ1v) is 4.13. The predicted molar refractivity (Wildman–Crippen MR) is 47.0 cm³/mol. The number of rotatable bonds is 5. The molecular weight excluding hydrogens is 207 g/mol. The molecule has 0 spiro atoms. The quantitative estimate of drug-likeness (QED) is 0.423. The maximum absolute atomic E-state index is 10.1. The molecule has 0 unspecified atom stereocenters. The SMILES string of the molecule is O=C([O-])CCCNc1cccnc1.[K+]. The fraction of sp³-hybridized carbons (Fsp3) is 0.333. The van der Waals surface area contributed by atoms with Gasteiger partial charge >= 0.3 is 51.4 Å². The van der Waals surface area contributed by atoms with Gasteiger partial charge in [0.25, 0.3) is 0 Å². The van der Waals surface area contributed by atoms with Gasteiger partial charge in [0.1, 0.15) is 0 Å². The second kappa shape index (κ2) is 8.37. The summed E-state index contributed by atoms with van der Waals surface area (Å²) in [5.41, 5.74) is 0.904. The summed E-state index contributed by atoms with van der Waals surface area (Å²) in [5.74, 6) is -1.01. The molecule has 1 heterocycles. The summed E-state index contributed by atoms with van der Waals surface area (Å²) in [7, 11) is 0. The van der Waals surface area contributed by atoms with Gasteiger partial charge in [0, 0.05) is 24.9 Å². The van der Waals surface area contributed by atoms with Crippen LogP contribution in [0.25, 0.3) is 0 Å². The van der Waals surface area contributed by atoms with Crippen LogP contribution in [0.4, 0.5) is 5.69 Å². The molecule has 0 atom stereocenters. The minimum atomic E-state index is -1.01. The normalized spacial score (nSPS) is 8.86. The number of hydrogen-bond donors (Lipinski definition) is 1. The van der Waals surface area contributed by atoms with Gasteiger partial charge in [-0.1, -0.05) is 0 Å². The molecule has 0 aromatic carbocycles. The summed E-state index contributed by atoms with van der Waals surface area (Å²) < 4.78 is 0. The van der Waals surface area contributed by atoms with E-state index in [1.165, 1.54) is 0 Å². The number of carboxylic acids is 1. The molecule has 0 aliphatic carbocycles. The molecule has 0 fully saturated rings. The molecule has 0 amide bonds. The van der Waals surface area contributed by atoms with E-state index in [9.17, 15) is 9.90 Å². The van der Waals surface area contributed by atoms with Crippen molar-refractivity contribution in [3.63, 3.8) is 0 Å². The van der Waals surface area contributed by atoms with E-state index in [2.05, 4.69) is 10.3 Å². The molecule has 0 bridgehead atoms. The first-order chi connectivity index (χ1) is 6.29. The molecule has 0 saturated carbocycles. The number of carbonyl (C=O) groups excluding carboxylic acids is 1. The molecule has 4 nitrogen and oxygen atoms in total. The van der Waals surface area contributed by atoms with Crippen molar-refractivity contribution in [3.05, 3.63) is 24.5 Å². The minimum Gasteiger partial charge on any atom is -0.550 e. The van der Waals surface area contributed by atoms with Gasteiger partial charge in [-0.2, -0.15) is 0 Å². The summed E-state index contributed by atoms with van der Waals surface area (Å²) in [6.45, 7) is 0.625. The Labute approximate surface area is 126 Å². The average molecular weight is 218 g/mol. The van der Waals surface area contributed by atoms with Crippen LogP contribution < -0.4 is 61.8 Å². The smallest absolute Gasteiger partial charge is 0.550 e. The van der Waals surface area contributed by atoms with Gasteiger partial charge in [-0.05, 0) is 25.0 Å². The fourth-order valence-corrected chi connectivity index (χ4v) is 0.933. The van der Waals surface area contributed by atoms with E-state index in [0.29, 0.717) is 13.0 Å². The van der Waals surface area contributed by atoms with Crippen molar-refractivity contribution in [2.24, 2.45) is 0 Å². The van der Waals surface area contributed by atoms with Crippen LogP contribution in [0.2, 0.25) is 0 Å². The van der Waals surface area contributed by atoms with Crippen LogP contribution in [-0.4, -0.2) is 17.5 Å². The van der Waals surface area contributed by atoms with Crippen molar-refractivity contribution in [3.8, 4) is 0 Å². The zero-order chi connectivity index (χ0) is 9.52. The Kier molecular flexibility index (Phi) is 8.41. The standard InChI is InChI=1S/C9H12N2O2.K/c12-9(13)4-2-6-11-8-3-1-5-10-7-8;/h1,3,5,7,11H,2,4,6H2,(H,12,13);/q;+1/p-1. The Morgan fingerprint density at radius 2 is 2.36 bits per heavy atom. The molecule has 0 aliphatic rings. The Morgan fingerprint density at radius 1 is 1.57 bits per heavy atom. The van der Waals surface area contributed by atoms with Gasteiger partial charge in [-0.25, -0.2) is 0 Å². The number of nitrogens with one attached hydrogen (secondary N) is 1. The summed E-state index contributed by atoms with van der Waals surface area (Å²) in [6, 6.07) is 3.70. The molecule has 5 heteroatoms. The Bertz CT molecular complexity index is 267. The van der Waals surface area contributed by atoms with Crippen LogP contribution >= 0.6 is 0 Å². The van der Waals surface area contributed by atoms with Gasteiger partial charge < -0.3 is 15.2 Å². The van der Waals surface area contributed by atoms with Gasteiger partial charge in [0.2, 0.25) is 0 Å². The van der Waals surface area contributed by atoms with Crippen LogP contribution in [0.15, 0.2) is 24.5 Å². The number of carbonyl (C=O) groups is 1. The number of hydrogen-bond acceptors (Lipinski definition) is 4. The molecule has 14 heavy (non-hydrogen) atoms. The third-order valence-electron chi connectivity index (χ3n) is 1.55. The number of aromatic nitrogens is 1. The van der Waals surface area contributed by atoms with Crippen LogP contribution in [0.5, 0.6) is 0 Å². The number of anilines is 1. The van der Waals surface area contributed by atoms with Crippen LogP contribution in [0, 0.1) is 0 Å². The van der Waals surface area contributed by atoms with Crippen molar-refractivity contribution >= 4 is 11.7 Å². The molecule has 1 N–H and O–H groups in total. The number of carboxylic acid groups (broad SMARTS) is 1. The zero-order valence-corrected chi connectivity index (χ0v) is 11.3. The van der Waals surface area contributed by atoms with Crippen molar-refractivity contribution in [1.82, 2.24) is 4.98 Å². The van der Waals surface area contributed by atoms with Crippen molar-refractivity contribution in [1.29, 1.82) is 0 Å². The van der Waals surface area contributed by atoms with E-state index in [0.717, 1.165) is 5.69 Å². The largest absolute Gasteiger partial charge is 1.00 e. The number of pyridine rings is 1. The summed E-state index contributed by atoms with van der Waals surface area (Å²) in [6.07, 6.45) is 4.04. The maximum Gasteiger partial charge on any atom is 1.00 e. The van der Waals surface area contributed by atoms with Gasteiger partial charge in [-0.15, -0.1) is 0 Å². The van der Waals surface area contributed by atoms with E-state index in [1.54, 1.807) is 12.4 Å². The molecule has 70 valence electrons. The van der Waals surface area contributed by atoms with Crippen LogP contribution in [0.3, 0.4) is 0 Å². The van der Waals surface area contributed by atoms with E-state index in [-0.39, 0.29) is 57.8 Å². The minimum absolute atomic E-state index is 0. The first-order valence-electron chi connectivity index (χ1n) is 4.13. The van der Waals surface area contributed by atoms with E-state index in [4.69, 9.17) is 0 Å². The van der Waals surface area contributed by atoms with Crippen molar-refractivity contribution in [2.75, 3.05) is 11.9 Å². The monoisotopic (exact) mass is 218 g/mol. The Balaban J connectivity index is 0.00000169. The topological polar surface area (TPSA) is 65.0 Å². The summed E-state index contributed by atoms with van der Waals surface area (Å²) in [5, 5.41) is 13.1. The van der Waals surface area contributed by atoms with E-state index in [1.807, 2.05) is 12.1 Å². The maximum atomic E-state index is 10.1. The molecule has 1 aromatic rings. The van der Waals surface area contributed by atoms with Crippen LogP contribution in [0.1, 0.15) is 12.8 Å². The van der Waals surface area contributed by atoms with Crippen LogP contribution in [-0.2, 0) is 4.79 Å². The second-order valence-electron chi connectivity index (χ2n) is 2.64. The molecule has 0 saturated heterocycles. The Hall–Kier alpha value is 0.0564. The summed E-state index contributed by atoms with van der Waals surface area (Å²) >= 11 is 0. The third-order valence-corrected chi connectivity index (χ3v) is 1.55. The second-order valence-corrected chi connectivity index (χ2v) is 2.64. The van der Waals surface area contributed by atoms with Crippen molar-refractivity contribution < 1.29 is 61.3 Å². The average Bonchev–Trinajstić information content (AvgIpc) is 2.14. The number of aliphatic carboxylic acids is 1. The molecule has 0 aliphatic heterocycles. The number of nitrogens with zero attached hydrogens (tertiary/aromatic N) is 1. The molecule has 1 aromatic heterocycles. The molecule has 1 rings (SSSR count). The van der Waals surface area contributed by atoms with Gasteiger partial charge in [0.15, 0.2) is 0 Å². The van der Waals surface area contributed by atoms with Gasteiger partial charge in [-0.3, -0.25) is 4.98 Å². The van der Waals surface area contributed by atoms with E-state index < -0.39 is 5.97 Å². The first kappa shape index (κ1) is 14.1. The predicted octanol–water partition coefficient (Wildman–Crippen LogP) is -2.97. The van der Waals surface area contributed by atoms with Gasteiger partial charge in [0.05, 0.1) is 5.69 Å². The Morgan fingerprint density at radius 3 is 2.93 bits per heavy atom.